The maximum Gasteiger partial charge on any atom is 0.306 e. The van der Waals surface area contributed by atoms with Gasteiger partial charge in [-0.05, 0) is 72.4 Å². The van der Waals surface area contributed by atoms with Crippen molar-refractivity contribution < 1.29 is 32.4 Å². The summed E-state index contributed by atoms with van der Waals surface area (Å²) in [6.45, 7) is 6.28. The Kier molecular flexibility index (Phi) is 14.7. The number of phenolic OH excluding ortho intramolecular Hbond substituents is 1. The Labute approximate surface area is 295 Å². The maximum absolute atomic E-state index is 12.3. The first-order chi connectivity index (χ1) is 23.7. The van der Waals surface area contributed by atoms with E-state index >= 15 is 0 Å². The highest BCUT2D eigenvalue weighted by Crippen LogP contribution is 2.38. The van der Waals surface area contributed by atoms with Crippen molar-refractivity contribution in [2.45, 2.75) is 44.1 Å². The number of anilines is 1. The molecule has 0 unspecified atom stereocenters. The average molecular weight is 699 g/mol. The van der Waals surface area contributed by atoms with Crippen LogP contribution in [0.2, 0.25) is 0 Å². The molecular weight excluding hydrogens is 653 g/mol. The lowest BCUT2D eigenvalue weighted by atomic mass is 9.77. The first-order valence-corrected chi connectivity index (χ1v) is 17.7. The Hall–Kier alpha value is -5.03. The lowest BCUT2D eigenvalue weighted by Crippen LogP contribution is -2.44. The molecular formula is C40H46N2O7S. The average Bonchev–Trinajstić information content (AvgIpc) is 3.09. The normalized spacial score (nSPS) is 12.7. The molecule has 5 aromatic carbocycles. The van der Waals surface area contributed by atoms with E-state index < -0.39 is 15.7 Å². The van der Waals surface area contributed by atoms with Gasteiger partial charge in [-0.3, -0.25) is 14.1 Å². The summed E-state index contributed by atoms with van der Waals surface area (Å²) in [7, 11) is 0.00971. The molecule has 0 aliphatic rings. The molecule has 0 aliphatic heterocycles. The van der Waals surface area contributed by atoms with Crippen LogP contribution in [0.5, 0.6) is 5.75 Å². The van der Waals surface area contributed by atoms with Crippen molar-refractivity contribution in [3.05, 3.63) is 139 Å². The number of nitrogens with one attached hydrogen (secondary N) is 1. The van der Waals surface area contributed by atoms with E-state index in [-0.39, 0.29) is 28.4 Å². The Morgan fingerprint density at radius 1 is 0.820 bits per heavy atom. The lowest BCUT2D eigenvalue weighted by molar-refractivity contribution is -0.168. The van der Waals surface area contributed by atoms with Crippen molar-refractivity contribution in [3.63, 3.8) is 0 Å². The fourth-order valence-corrected chi connectivity index (χ4v) is 5.94. The van der Waals surface area contributed by atoms with Gasteiger partial charge in [0.25, 0.3) is 10.1 Å². The van der Waals surface area contributed by atoms with E-state index in [1.165, 1.54) is 36.8 Å². The molecule has 264 valence electrons. The van der Waals surface area contributed by atoms with Crippen molar-refractivity contribution in [2.75, 3.05) is 26.0 Å². The van der Waals surface area contributed by atoms with Gasteiger partial charge in [-0.1, -0.05) is 105 Å². The molecule has 2 atom stereocenters. The zero-order valence-corrected chi connectivity index (χ0v) is 29.9. The van der Waals surface area contributed by atoms with Crippen LogP contribution in [0.1, 0.15) is 38.3 Å². The third-order valence-electron chi connectivity index (χ3n) is 7.80. The molecule has 5 rings (SSSR count). The maximum atomic E-state index is 12.3. The van der Waals surface area contributed by atoms with Gasteiger partial charge < -0.3 is 20.1 Å². The number of fused-ring (bicyclic) bond motifs is 1. The molecule has 5 aromatic rings. The van der Waals surface area contributed by atoms with Gasteiger partial charge in [-0.25, -0.2) is 0 Å². The molecule has 0 spiro atoms. The summed E-state index contributed by atoms with van der Waals surface area (Å²) in [4.78, 5) is 24.9. The minimum atomic E-state index is -4.09. The third-order valence-corrected chi connectivity index (χ3v) is 8.65. The number of nitrogens with zero attached hydrogens (tertiary/aromatic N) is 1. The number of amides is 1. The van der Waals surface area contributed by atoms with Gasteiger partial charge in [0.15, 0.2) is 0 Å². The van der Waals surface area contributed by atoms with Gasteiger partial charge in [0.1, 0.15) is 11.4 Å². The van der Waals surface area contributed by atoms with E-state index in [1.807, 2.05) is 61.5 Å². The van der Waals surface area contributed by atoms with E-state index in [0.717, 1.165) is 22.9 Å². The number of benzene rings is 5. The molecule has 0 aliphatic carbocycles. The Bertz CT molecular complexity index is 1920. The van der Waals surface area contributed by atoms with Gasteiger partial charge >= 0.3 is 5.97 Å². The quantitative estimate of drug-likeness (QED) is 0.0768. The summed E-state index contributed by atoms with van der Waals surface area (Å²) in [6.07, 6.45) is 1.04. The number of hydrogen-bond acceptors (Lipinski definition) is 7. The summed E-state index contributed by atoms with van der Waals surface area (Å²) in [5, 5.41) is 13.2. The molecule has 3 N–H and O–H groups in total. The van der Waals surface area contributed by atoms with Crippen LogP contribution < -0.4 is 5.32 Å². The lowest BCUT2D eigenvalue weighted by Gasteiger charge is -2.40. The van der Waals surface area contributed by atoms with Crippen LogP contribution in [-0.4, -0.2) is 55.5 Å². The number of carbonyl (C=O) groups excluding carboxylic acids is 2. The standard InChI is InChI=1S/C22H29NO2.C10H8O3S.C8H9NO2/c1-5-21(24)25-22(18(2)17-23(3)4,20-14-10-7-11-15-20)16-19-12-8-6-9-13-19;11-14(12,13)10-6-5-8-3-1-2-4-9(8)7-10;1-6(10)9-7-2-4-8(11)5-3-7/h6-15,18H,5,16-17H2,1-4H3;1-7H,(H,11,12,13);2-5,11H,1H3,(H,9,10)/t18-,22-;;/m1../s1. The molecule has 0 saturated carbocycles. The number of aromatic hydroxyl groups is 1. The number of esters is 1. The summed E-state index contributed by atoms with van der Waals surface area (Å²) >= 11 is 0. The number of ether oxygens (including phenoxy) is 1. The molecule has 9 nitrogen and oxygen atoms in total. The second-order valence-corrected chi connectivity index (χ2v) is 13.5. The van der Waals surface area contributed by atoms with E-state index in [4.69, 9.17) is 14.4 Å². The van der Waals surface area contributed by atoms with Crippen LogP contribution in [0.4, 0.5) is 5.69 Å². The third kappa shape index (κ3) is 12.1. The first kappa shape index (κ1) is 39.4. The summed E-state index contributed by atoms with van der Waals surface area (Å²) in [5.74, 6) is 0.0563. The van der Waals surface area contributed by atoms with Crippen molar-refractivity contribution in [1.29, 1.82) is 0 Å². The molecule has 0 bridgehead atoms. The minimum absolute atomic E-state index is 0.0730. The number of carbonyl (C=O) groups is 2. The fraction of sp³-hybridized carbons (Fsp3) is 0.250. The number of hydrogen-bond donors (Lipinski definition) is 3. The fourth-order valence-electron chi connectivity index (χ4n) is 5.42. The predicted molar refractivity (Wildman–Crippen MR) is 199 cm³/mol. The van der Waals surface area contributed by atoms with E-state index in [1.54, 1.807) is 24.3 Å². The smallest absolute Gasteiger partial charge is 0.306 e. The molecule has 0 saturated heterocycles. The zero-order valence-electron chi connectivity index (χ0n) is 29.1. The van der Waals surface area contributed by atoms with Crippen LogP contribution in [-0.2, 0) is 36.5 Å². The van der Waals surface area contributed by atoms with Crippen LogP contribution in [0.15, 0.2) is 132 Å². The van der Waals surface area contributed by atoms with Crippen LogP contribution >= 0.6 is 0 Å². The predicted octanol–water partition coefficient (Wildman–Crippen LogP) is 7.71. The molecule has 10 heteroatoms. The van der Waals surface area contributed by atoms with E-state index in [0.29, 0.717) is 18.5 Å². The van der Waals surface area contributed by atoms with Crippen LogP contribution in [0.3, 0.4) is 0 Å². The monoisotopic (exact) mass is 698 g/mol. The van der Waals surface area contributed by atoms with Crippen molar-refractivity contribution in [2.24, 2.45) is 5.92 Å². The van der Waals surface area contributed by atoms with Gasteiger partial charge in [0.05, 0.1) is 4.90 Å². The minimum Gasteiger partial charge on any atom is -0.508 e. The topological polar surface area (TPSA) is 133 Å². The van der Waals surface area contributed by atoms with E-state index in [9.17, 15) is 18.0 Å². The Balaban J connectivity index is 0.000000226. The van der Waals surface area contributed by atoms with Crippen LogP contribution in [0.25, 0.3) is 10.8 Å². The molecule has 0 fully saturated rings. The summed E-state index contributed by atoms with van der Waals surface area (Å²) in [6, 6.07) is 38.6. The largest absolute Gasteiger partial charge is 0.508 e. The first-order valence-electron chi connectivity index (χ1n) is 16.2. The second kappa shape index (κ2) is 18.7. The highest BCUT2D eigenvalue weighted by Gasteiger charge is 2.42. The highest BCUT2D eigenvalue weighted by molar-refractivity contribution is 7.85. The summed E-state index contributed by atoms with van der Waals surface area (Å²) in [5.41, 5.74) is 2.23. The van der Waals surface area contributed by atoms with Crippen LogP contribution in [0, 0.1) is 5.92 Å². The van der Waals surface area contributed by atoms with Gasteiger partial charge in [-0.2, -0.15) is 8.42 Å². The van der Waals surface area contributed by atoms with E-state index in [2.05, 4.69) is 55.5 Å². The Morgan fingerprint density at radius 3 is 1.92 bits per heavy atom. The van der Waals surface area contributed by atoms with Gasteiger partial charge in [0.2, 0.25) is 5.91 Å². The highest BCUT2D eigenvalue weighted by atomic mass is 32.2. The molecule has 50 heavy (non-hydrogen) atoms. The SMILES string of the molecule is CC(=O)Nc1ccc(O)cc1.CCC(=O)O[C@@](Cc1ccccc1)(c1ccccc1)[C@H](C)CN(C)C.O=S(=O)(O)c1ccc2ccccc2c1. The summed E-state index contributed by atoms with van der Waals surface area (Å²) < 4.78 is 36.7. The zero-order chi connectivity index (χ0) is 36.7. The molecule has 0 heterocycles. The molecule has 1 amide bonds. The Morgan fingerprint density at radius 2 is 1.38 bits per heavy atom. The van der Waals surface area contributed by atoms with Crippen molar-refractivity contribution >= 4 is 38.5 Å². The molecule has 0 aromatic heterocycles. The number of phenols is 1. The number of rotatable bonds is 10. The molecule has 0 radical (unpaired) electrons. The second-order valence-electron chi connectivity index (χ2n) is 12.1. The van der Waals surface area contributed by atoms with Gasteiger partial charge in [0, 0.05) is 37.9 Å². The van der Waals surface area contributed by atoms with Crippen molar-refractivity contribution in [3.8, 4) is 5.75 Å². The van der Waals surface area contributed by atoms with Crippen molar-refractivity contribution in [1.82, 2.24) is 4.90 Å². The van der Waals surface area contributed by atoms with Gasteiger partial charge in [-0.15, -0.1) is 0 Å².